The minimum absolute atomic E-state index is 0.0000960. The lowest BCUT2D eigenvalue weighted by atomic mass is 9.46. The third-order valence-electron chi connectivity index (χ3n) is 20.1. The molecular weight excluding hydrogens is 964 g/mol. The van der Waals surface area contributed by atoms with Crippen LogP contribution in [0.2, 0.25) is 0 Å². The fourth-order valence-electron chi connectivity index (χ4n) is 15.1. The van der Waals surface area contributed by atoms with Crippen molar-refractivity contribution in [1.29, 1.82) is 0 Å². The summed E-state index contributed by atoms with van der Waals surface area (Å²) in [5, 5.41) is 3.63. The Morgan fingerprint density at radius 1 is 0.474 bits per heavy atom. The van der Waals surface area contributed by atoms with Gasteiger partial charge in [-0.05, 0) is 192 Å². The van der Waals surface area contributed by atoms with Gasteiger partial charge in [-0.15, -0.1) is 11.3 Å². The first-order valence-corrected chi connectivity index (χ1v) is 29.7. The van der Waals surface area contributed by atoms with Gasteiger partial charge in [-0.3, -0.25) is 0 Å². The molecule has 2 aromatic heterocycles. The molecule has 8 aromatic carbocycles. The zero-order valence-corrected chi connectivity index (χ0v) is 48.8. The van der Waals surface area contributed by atoms with Crippen molar-refractivity contribution in [2.75, 3.05) is 9.71 Å². The number of rotatable bonds is 3. The second-order valence-electron chi connectivity index (χ2n) is 28.2. The summed E-state index contributed by atoms with van der Waals surface area (Å²) < 4.78 is 10.1. The maximum atomic E-state index is 7.38. The fraction of sp³-hybridized carbons (Fsp3) is 0.315. The minimum Gasteiger partial charge on any atom is -0.454 e. The lowest BCUT2D eigenvalue weighted by Crippen LogP contribution is -2.60. The van der Waals surface area contributed by atoms with E-state index in [1.165, 1.54) is 129 Å². The first-order chi connectivity index (χ1) is 37.0. The van der Waals surface area contributed by atoms with Gasteiger partial charge in [-0.25, -0.2) is 0 Å². The summed E-state index contributed by atoms with van der Waals surface area (Å²) in [4.78, 5) is 5.40. The van der Waals surface area contributed by atoms with Crippen molar-refractivity contribution in [2.24, 2.45) is 0 Å². The first-order valence-electron chi connectivity index (χ1n) is 28.9. The van der Waals surface area contributed by atoms with Gasteiger partial charge in [0, 0.05) is 53.7 Å². The lowest BCUT2D eigenvalue weighted by molar-refractivity contribution is 0.331. The lowest BCUT2D eigenvalue weighted by Gasteiger charge is -2.45. The molecule has 3 aliphatic carbocycles. The Kier molecular flexibility index (Phi) is 9.74. The molecule has 388 valence electrons. The quantitative estimate of drug-likeness (QED) is 0.164. The van der Waals surface area contributed by atoms with E-state index >= 15 is 0 Å². The molecule has 2 aliphatic heterocycles. The molecule has 78 heavy (non-hydrogen) atoms. The summed E-state index contributed by atoms with van der Waals surface area (Å²) >= 11 is 2.02. The molecule has 3 nitrogen and oxygen atoms in total. The average Bonchev–Trinajstić information content (AvgIpc) is 2.81. The molecule has 0 amide bonds. The largest absolute Gasteiger partial charge is 0.454 e. The van der Waals surface area contributed by atoms with E-state index in [2.05, 4.69) is 245 Å². The highest BCUT2D eigenvalue weighted by Crippen LogP contribution is 2.60. The van der Waals surface area contributed by atoms with Crippen molar-refractivity contribution in [1.82, 2.24) is 0 Å². The highest BCUT2D eigenvalue weighted by atomic mass is 32.1. The number of benzene rings is 8. The second kappa shape index (κ2) is 15.7. The van der Waals surface area contributed by atoms with Crippen LogP contribution in [0.4, 0.5) is 28.4 Å². The van der Waals surface area contributed by atoms with Gasteiger partial charge < -0.3 is 14.1 Å². The van der Waals surface area contributed by atoms with Gasteiger partial charge in [0.2, 0.25) is 0 Å². The Morgan fingerprint density at radius 3 is 1.71 bits per heavy atom. The van der Waals surface area contributed by atoms with Crippen LogP contribution in [-0.2, 0) is 32.5 Å². The van der Waals surface area contributed by atoms with Crippen LogP contribution >= 0.6 is 11.3 Å². The molecule has 0 saturated heterocycles. The number of furan rings is 1. The van der Waals surface area contributed by atoms with Crippen molar-refractivity contribution in [3.8, 4) is 33.4 Å². The molecule has 0 N–H and O–H groups in total. The SMILES string of the molecule is CC(C)(C)c1ccc(N2c3c(sc4cc5c(cc34)C(C)(C)CCC5(C)C)B3c4c(cc5c(oc6ccccc65)c42)-c2cc4c(cc2N3c2ccc(-c3ccccc3)cc2)C(C)(C)c2cc3c(cc2-4)C(C)(C)CCC3(C)C)cc1. The highest BCUT2D eigenvalue weighted by molar-refractivity contribution is 7.32. The Balaban J connectivity index is 1.09. The van der Waals surface area contributed by atoms with Crippen molar-refractivity contribution in [3.63, 3.8) is 0 Å². The third-order valence-corrected chi connectivity index (χ3v) is 21.3. The van der Waals surface area contributed by atoms with E-state index in [0.717, 1.165) is 39.7 Å². The third kappa shape index (κ3) is 6.63. The van der Waals surface area contributed by atoms with E-state index < -0.39 is 0 Å². The van der Waals surface area contributed by atoms with E-state index in [-0.39, 0.29) is 39.3 Å². The number of anilines is 5. The molecule has 4 heterocycles. The van der Waals surface area contributed by atoms with Crippen molar-refractivity contribution >= 4 is 88.9 Å². The molecule has 5 heteroatoms. The van der Waals surface area contributed by atoms with Crippen LogP contribution in [0.3, 0.4) is 0 Å². The highest BCUT2D eigenvalue weighted by Gasteiger charge is 2.51. The molecule has 0 unspecified atom stereocenters. The van der Waals surface area contributed by atoms with Crippen LogP contribution in [0, 0.1) is 0 Å². The van der Waals surface area contributed by atoms with Gasteiger partial charge in [0.1, 0.15) is 5.58 Å². The molecule has 0 atom stereocenters. The Morgan fingerprint density at radius 2 is 1.04 bits per heavy atom. The van der Waals surface area contributed by atoms with Gasteiger partial charge in [-0.2, -0.15) is 0 Å². The smallest absolute Gasteiger partial charge is 0.343 e. The van der Waals surface area contributed by atoms with E-state index in [1.54, 1.807) is 0 Å². The first kappa shape index (κ1) is 48.3. The molecule has 0 saturated carbocycles. The molecule has 0 fully saturated rings. The monoisotopic (exact) mass is 1030 g/mol. The van der Waals surface area contributed by atoms with E-state index in [9.17, 15) is 0 Å². The predicted molar refractivity (Wildman–Crippen MR) is 335 cm³/mol. The van der Waals surface area contributed by atoms with Crippen molar-refractivity contribution in [3.05, 3.63) is 185 Å². The standard InChI is InChI=1S/C73H71BN2OS/c1-68(2,3)44-25-29-45(30-26-44)75-64-53-38-57-59(72(10,11)34-32-70(57,6)7)41-62(53)78-67(64)74-63-51(36-52-47-21-17-18-22-61(47)77-66(52)65(63)75)50-35-48-49-37-56-58(71(8,9)33-31-69(56,4)5)39-54(49)73(12,13)55(48)40-60(50)76(74)46-27-23-43(24-28-46)42-19-15-14-16-20-42/h14-30,35-41H,31-34H2,1-13H3. The maximum absolute atomic E-state index is 7.38. The zero-order valence-electron chi connectivity index (χ0n) is 48.0. The van der Waals surface area contributed by atoms with Gasteiger partial charge in [0.15, 0.2) is 5.58 Å². The van der Waals surface area contributed by atoms with E-state index in [1.807, 2.05) is 11.3 Å². The van der Waals surface area contributed by atoms with E-state index in [4.69, 9.17) is 4.42 Å². The minimum atomic E-state index is -0.227. The number of thiophene rings is 1. The van der Waals surface area contributed by atoms with Gasteiger partial charge in [0.25, 0.3) is 0 Å². The second-order valence-corrected chi connectivity index (χ2v) is 29.3. The summed E-state index contributed by atoms with van der Waals surface area (Å²) in [7, 11) is 0. The summed E-state index contributed by atoms with van der Waals surface area (Å²) in [5.41, 5.74) is 27.2. The summed E-state index contributed by atoms with van der Waals surface area (Å²) in [6.45, 7) is 31.6. The zero-order chi connectivity index (χ0) is 54.0. The van der Waals surface area contributed by atoms with E-state index in [0.29, 0.717) is 0 Å². The Labute approximate surface area is 466 Å². The summed E-state index contributed by atoms with van der Waals surface area (Å²) in [5.74, 6) is 0. The number of hydrogen-bond acceptors (Lipinski definition) is 4. The van der Waals surface area contributed by atoms with Crippen LogP contribution in [0.5, 0.6) is 0 Å². The number of fused-ring (bicyclic) bond motifs is 15. The van der Waals surface area contributed by atoms with Crippen LogP contribution in [-0.4, -0.2) is 6.85 Å². The van der Waals surface area contributed by atoms with Gasteiger partial charge in [0.05, 0.1) is 11.4 Å². The maximum Gasteiger partial charge on any atom is 0.343 e. The van der Waals surface area contributed by atoms with Crippen LogP contribution in [0.15, 0.2) is 150 Å². The molecule has 0 bridgehead atoms. The molecular formula is C73H71BN2OS. The number of nitrogens with zero attached hydrogens (tertiary/aromatic N) is 2. The van der Waals surface area contributed by atoms with Gasteiger partial charge in [-0.1, -0.05) is 169 Å². The molecule has 5 aliphatic rings. The van der Waals surface area contributed by atoms with Crippen LogP contribution in [0.25, 0.3) is 65.4 Å². The number of para-hydroxylation sites is 1. The normalized spacial score (nSPS) is 18.6. The molecule has 0 radical (unpaired) electrons. The number of hydrogen-bond donors (Lipinski definition) is 0. The topological polar surface area (TPSA) is 19.6 Å². The fourth-order valence-corrected chi connectivity index (χ4v) is 16.4. The van der Waals surface area contributed by atoms with Crippen molar-refractivity contribution in [2.45, 2.75) is 148 Å². The van der Waals surface area contributed by atoms with Gasteiger partial charge >= 0.3 is 6.85 Å². The molecule has 0 spiro atoms. The predicted octanol–water partition coefficient (Wildman–Crippen LogP) is 19.5. The van der Waals surface area contributed by atoms with Crippen molar-refractivity contribution < 1.29 is 4.42 Å². The Hall–Kier alpha value is -6.82. The molecule has 10 aromatic rings. The summed E-state index contributed by atoms with van der Waals surface area (Å²) in [6.07, 6.45) is 4.70. The van der Waals surface area contributed by atoms with Crippen LogP contribution < -0.4 is 20.0 Å². The summed E-state index contributed by atoms with van der Waals surface area (Å²) in [6, 6.07) is 56.9. The average molecular weight is 1040 g/mol. The Bertz CT molecular complexity index is 4210. The molecule has 15 rings (SSSR count). The van der Waals surface area contributed by atoms with Crippen LogP contribution in [0.1, 0.15) is 155 Å².